The molecule has 0 aromatic carbocycles. The third-order valence-corrected chi connectivity index (χ3v) is 4.31. The summed E-state index contributed by atoms with van der Waals surface area (Å²) in [7, 11) is 1.65. The number of piperidine rings is 1. The summed E-state index contributed by atoms with van der Waals surface area (Å²) < 4.78 is 7.35. The number of carbonyl (C=O) groups is 1. The average Bonchev–Trinajstić information content (AvgIpc) is 2.30. The van der Waals surface area contributed by atoms with Crippen molar-refractivity contribution < 1.29 is 9.53 Å². The average molecular weight is 260 g/mol. The second kappa shape index (κ2) is 6.61. The molecule has 1 N–H and O–H groups in total. The van der Waals surface area contributed by atoms with E-state index >= 15 is 0 Å². The Hall–Kier alpha value is -0.260. The molecule has 0 aliphatic carbocycles. The van der Waals surface area contributed by atoms with E-state index in [4.69, 9.17) is 4.74 Å². The van der Waals surface area contributed by atoms with E-state index in [1.807, 2.05) is 6.92 Å². The van der Waals surface area contributed by atoms with E-state index in [1.165, 1.54) is 0 Å². The minimum Gasteiger partial charge on any atom is -0.383 e. The van der Waals surface area contributed by atoms with E-state index < -0.39 is 0 Å². The summed E-state index contributed by atoms with van der Waals surface area (Å²) in [6.07, 6.45) is 3.95. The fourth-order valence-electron chi connectivity index (χ4n) is 2.08. The van der Waals surface area contributed by atoms with Gasteiger partial charge >= 0.3 is 0 Å². The van der Waals surface area contributed by atoms with Crippen LogP contribution < -0.4 is 5.32 Å². The van der Waals surface area contributed by atoms with Crippen LogP contribution in [0.5, 0.6) is 0 Å². The van der Waals surface area contributed by atoms with Crippen LogP contribution in [0, 0.1) is 5.41 Å². The van der Waals surface area contributed by atoms with E-state index in [1.54, 1.807) is 19.1 Å². The Labute approximate surface area is 109 Å². The van der Waals surface area contributed by atoms with E-state index in [0.717, 1.165) is 25.9 Å². The lowest BCUT2D eigenvalue weighted by Gasteiger charge is -2.37. The number of rotatable bonds is 5. The van der Waals surface area contributed by atoms with Gasteiger partial charge in [-0.25, -0.2) is 0 Å². The van der Waals surface area contributed by atoms with Crippen LogP contribution in [-0.2, 0) is 9.53 Å². The summed E-state index contributed by atoms with van der Waals surface area (Å²) >= 11 is 1.76. The number of methoxy groups -OCH3 is 1. The molecule has 1 saturated heterocycles. The van der Waals surface area contributed by atoms with Crippen molar-refractivity contribution in [2.75, 3.05) is 33.1 Å². The fourth-order valence-corrected chi connectivity index (χ4v) is 2.63. The van der Waals surface area contributed by atoms with Crippen molar-refractivity contribution in [2.45, 2.75) is 32.7 Å². The molecule has 0 radical (unpaired) electrons. The highest BCUT2D eigenvalue weighted by molar-refractivity contribution is 7.96. The lowest BCUT2D eigenvalue weighted by molar-refractivity contribution is -0.133. The van der Waals surface area contributed by atoms with Gasteiger partial charge in [-0.15, -0.1) is 0 Å². The molecule has 5 heteroatoms. The van der Waals surface area contributed by atoms with Crippen LogP contribution in [-0.4, -0.2) is 49.3 Å². The van der Waals surface area contributed by atoms with Gasteiger partial charge in [0, 0.05) is 31.7 Å². The zero-order valence-corrected chi connectivity index (χ0v) is 12.1. The maximum absolute atomic E-state index is 12.2. The Morgan fingerprint density at radius 3 is 2.59 bits per heavy atom. The Bertz CT molecular complexity index is 253. The van der Waals surface area contributed by atoms with Gasteiger partial charge in [-0.3, -0.25) is 9.10 Å². The van der Waals surface area contributed by atoms with E-state index in [9.17, 15) is 4.79 Å². The summed E-state index contributed by atoms with van der Waals surface area (Å²) in [6, 6.07) is 0.0860. The quantitative estimate of drug-likeness (QED) is 0.761. The second-order valence-electron chi connectivity index (χ2n) is 5.00. The van der Waals surface area contributed by atoms with Gasteiger partial charge in [0.25, 0.3) is 0 Å². The minimum absolute atomic E-state index is 0.0860. The lowest BCUT2D eigenvalue weighted by atomic mass is 9.80. The SMILES string of the molecule is COCC(C)NC(=O)C1(C)CCN(SC)CC1. The molecule has 1 aliphatic rings. The van der Waals surface area contributed by atoms with Gasteiger partial charge in [-0.2, -0.15) is 0 Å². The molecule has 1 heterocycles. The Kier molecular flexibility index (Phi) is 5.76. The molecule has 17 heavy (non-hydrogen) atoms. The molecule has 0 saturated carbocycles. The van der Waals surface area contributed by atoms with Crippen molar-refractivity contribution in [3.63, 3.8) is 0 Å². The lowest BCUT2D eigenvalue weighted by Crippen LogP contribution is -2.48. The van der Waals surface area contributed by atoms with Gasteiger partial charge in [-0.05, 0) is 26.0 Å². The second-order valence-corrected chi connectivity index (χ2v) is 5.88. The van der Waals surface area contributed by atoms with Crippen molar-refractivity contribution in [3.8, 4) is 0 Å². The smallest absolute Gasteiger partial charge is 0.226 e. The van der Waals surface area contributed by atoms with Crippen LogP contribution in [0.25, 0.3) is 0 Å². The van der Waals surface area contributed by atoms with Crippen LogP contribution in [0.1, 0.15) is 26.7 Å². The molecule has 1 aliphatic heterocycles. The van der Waals surface area contributed by atoms with Gasteiger partial charge < -0.3 is 10.1 Å². The molecule has 1 rings (SSSR count). The van der Waals surface area contributed by atoms with Crippen molar-refractivity contribution >= 4 is 17.9 Å². The molecule has 4 nitrogen and oxygen atoms in total. The molecular weight excluding hydrogens is 236 g/mol. The summed E-state index contributed by atoms with van der Waals surface area (Å²) in [5.41, 5.74) is -0.214. The number of hydrogen-bond acceptors (Lipinski definition) is 4. The largest absolute Gasteiger partial charge is 0.383 e. The number of nitrogens with zero attached hydrogens (tertiary/aromatic N) is 1. The van der Waals surface area contributed by atoms with E-state index in [0.29, 0.717) is 6.61 Å². The summed E-state index contributed by atoms with van der Waals surface area (Å²) in [4.78, 5) is 12.2. The molecule has 0 aromatic rings. The van der Waals surface area contributed by atoms with Gasteiger partial charge in [0.15, 0.2) is 0 Å². The topological polar surface area (TPSA) is 41.6 Å². The predicted molar refractivity (Wildman–Crippen MR) is 71.9 cm³/mol. The van der Waals surface area contributed by atoms with Crippen LogP contribution in [0.15, 0.2) is 0 Å². The van der Waals surface area contributed by atoms with E-state index in [2.05, 4.69) is 22.8 Å². The van der Waals surface area contributed by atoms with Crippen LogP contribution in [0.2, 0.25) is 0 Å². The molecule has 100 valence electrons. The number of ether oxygens (including phenoxy) is 1. The molecule has 0 spiro atoms. The zero-order chi connectivity index (χ0) is 12.9. The van der Waals surface area contributed by atoms with Crippen molar-refractivity contribution in [1.29, 1.82) is 0 Å². The first-order valence-corrected chi connectivity index (χ1v) is 7.29. The predicted octanol–water partition coefficient (Wildman–Crippen LogP) is 1.52. The highest BCUT2D eigenvalue weighted by Gasteiger charge is 2.37. The number of hydrogen-bond donors (Lipinski definition) is 1. The van der Waals surface area contributed by atoms with Crippen molar-refractivity contribution in [1.82, 2.24) is 9.62 Å². The maximum atomic E-state index is 12.2. The van der Waals surface area contributed by atoms with Crippen LogP contribution in [0.4, 0.5) is 0 Å². The molecule has 1 unspecified atom stereocenters. The van der Waals surface area contributed by atoms with Gasteiger partial charge in [0.1, 0.15) is 0 Å². The zero-order valence-electron chi connectivity index (χ0n) is 11.3. The van der Waals surface area contributed by atoms with Gasteiger partial charge in [0.05, 0.1) is 6.61 Å². The molecule has 0 bridgehead atoms. The maximum Gasteiger partial charge on any atom is 0.226 e. The normalized spacial score (nSPS) is 22.1. The summed E-state index contributed by atoms with van der Waals surface area (Å²) in [5, 5.41) is 3.03. The Morgan fingerprint density at radius 1 is 1.53 bits per heavy atom. The summed E-state index contributed by atoms with van der Waals surface area (Å²) in [6.45, 7) is 6.59. The first kappa shape index (κ1) is 14.8. The van der Waals surface area contributed by atoms with Crippen LogP contribution in [0.3, 0.4) is 0 Å². The molecule has 1 atom stereocenters. The molecule has 1 fully saturated rings. The molecule has 0 aromatic heterocycles. The van der Waals surface area contributed by atoms with Crippen molar-refractivity contribution in [3.05, 3.63) is 0 Å². The first-order valence-electron chi connectivity index (χ1n) is 6.11. The fraction of sp³-hybridized carbons (Fsp3) is 0.917. The molecule has 1 amide bonds. The standard InChI is InChI=1S/C12H24N2O2S/c1-10(9-16-3)13-11(15)12(2)5-7-14(17-4)8-6-12/h10H,5-9H2,1-4H3,(H,13,15). The molecular formula is C12H24N2O2S. The highest BCUT2D eigenvalue weighted by Crippen LogP contribution is 2.33. The number of nitrogens with one attached hydrogen (secondary N) is 1. The third-order valence-electron chi connectivity index (χ3n) is 3.43. The minimum atomic E-state index is -0.214. The van der Waals surface area contributed by atoms with Gasteiger partial charge in [0.2, 0.25) is 5.91 Å². The van der Waals surface area contributed by atoms with Gasteiger partial charge in [-0.1, -0.05) is 18.9 Å². The number of carbonyl (C=O) groups excluding carboxylic acids is 1. The number of amides is 1. The third kappa shape index (κ3) is 4.16. The summed E-state index contributed by atoms with van der Waals surface area (Å²) in [5.74, 6) is 0.169. The van der Waals surface area contributed by atoms with Crippen LogP contribution >= 0.6 is 11.9 Å². The van der Waals surface area contributed by atoms with E-state index in [-0.39, 0.29) is 17.4 Å². The first-order chi connectivity index (χ1) is 8.01. The Morgan fingerprint density at radius 2 is 2.12 bits per heavy atom. The van der Waals surface area contributed by atoms with Crippen molar-refractivity contribution in [2.24, 2.45) is 5.41 Å². The monoisotopic (exact) mass is 260 g/mol. The Balaban J connectivity index is 2.45. The highest BCUT2D eigenvalue weighted by atomic mass is 32.2.